The summed E-state index contributed by atoms with van der Waals surface area (Å²) in [4.78, 5) is 25.9. The number of carbonyl (C=O) groups is 2. The molecule has 1 aliphatic rings. The van der Waals surface area contributed by atoms with Gasteiger partial charge in [-0.15, -0.1) is 0 Å². The molecule has 0 radical (unpaired) electrons. The summed E-state index contributed by atoms with van der Waals surface area (Å²) < 4.78 is 0. The van der Waals surface area contributed by atoms with Gasteiger partial charge in [0.1, 0.15) is 6.04 Å². The number of nitrogens with zero attached hydrogens (tertiary/aromatic N) is 1. The number of carbonyl (C=O) groups excluding carboxylic acids is 2. The highest BCUT2D eigenvalue weighted by Gasteiger charge is 2.29. The largest absolute Gasteiger partial charge is 0.344 e. The zero-order valence-electron chi connectivity index (χ0n) is 11.4. The Morgan fingerprint density at radius 2 is 2.21 bits per heavy atom. The van der Waals surface area contributed by atoms with Gasteiger partial charge in [-0.3, -0.25) is 9.59 Å². The third-order valence-electron chi connectivity index (χ3n) is 3.45. The Labute approximate surface area is 117 Å². The molecule has 1 saturated heterocycles. The van der Waals surface area contributed by atoms with Crippen molar-refractivity contribution in [1.29, 1.82) is 0 Å². The van der Waals surface area contributed by atoms with Crippen LogP contribution in [0.5, 0.6) is 0 Å². The van der Waals surface area contributed by atoms with Gasteiger partial charge >= 0.3 is 0 Å². The van der Waals surface area contributed by atoms with Crippen LogP contribution < -0.4 is 5.32 Å². The summed E-state index contributed by atoms with van der Waals surface area (Å²) in [6, 6.07) is -0.348. The molecule has 1 aliphatic heterocycles. The highest BCUT2D eigenvalue weighted by molar-refractivity contribution is 7.08. The van der Waals surface area contributed by atoms with Crippen LogP contribution in [0, 0.1) is 6.92 Å². The Hall–Kier alpha value is -1.36. The molecule has 0 aromatic carbocycles. The normalized spacial score (nSPS) is 20.3. The number of amides is 2. The van der Waals surface area contributed by atoms with Crippen molar-refractivity contribution in [2.24, 2.45) is 0 Å². The van der Waals surface area contributed by atoms with Gasteiger partial charge in [0.15, 0.2) is 0 Å². The molecule has 19 heavy (non-hydrogen) atoms. The van der Waals surface area contributed by atoms with Crippen molar-refractivity contribution in [3.8, 4) is 0 Å². The van der Waals surface area contributed by atoms with Crippen molar-refractivity contribution in [3.63, 3.8) is 0 Å². The fraction of sp³-hybridized carbons (Fsp3) is 0.571. The van der Waals surface area contributed by atoms with Crippen LogP contribution in [0.4, 0.5) is 0 Å². The van der Waals surface area contributed by atoms with Crippen LogP contribution in [0.1, 0.15) is 37.3 Å². The lowest BCUT2D eigenvalue weighted by Gasteiger charge is -2.23. The second-order valence-electron chi connectivity index (χ2n) is 5.00. The summed E-state index contributed by atoms with van der Waals surface area (Å²) in [6.07, 6.45) is 2.00. The molecule has 1 N–H and O–H groups in total. The van der Waals surface area contributed by atoms with Gasteiger partial charge in [-0.2, -0.15) is 11.3 Å². The van der Waals surface area contributed by atoms with E-state index in [9.17, 15) is 9.59 Å². The molecule has 4 nitrogen and oxygen atoms in total. The summed E-state index contributed by atoms with van der Waals surface area (Å²) in [5.74, 6) is 0.0367. The van der Waals surface area contributed by atoms with E-state index in [0.29, 0.717) is 25.9 Å². The van der Waals surface area contributed by atoms with Gasteiger partial charge in [0.2, 0.25) is 11.8 Å². The standard InChI is InChI=1S/C14H20N2O2S/c1-3-4-12-14(18)16(6-5-13(17)15-12)7-11-9-19-8-10(11)2/h8-9,12H,3-7H2,1-2H3,(H,15,17). The van der Waals surface area contributed by atoms with Crippen LogP contribution in [-0.2, 0) is 16.1 Å². The van der Waals surface area contributed by atoms with Crippen LogP contribution in [0.3, 0.4) is 0 Å². The van der Waals surface area contributed by atoms with Gasteiger partial charge in [0.25, 0.3) is 0 Å². The Bertz CT molecular complexity index is 470. The molecule has 0 saturated carbocycles. The van der Waals surface area contributed by atoms with Gasteiger partial charge in [0.05, 0.1) is 0 Å². The van der Waals surface area contributed by atoms with Crippen molar-refractivity contribution < 1.29 is 9.59 Å². The molecule has 1 atom stereocenters. The van der Waals surface area contributed by atoms with Crippen molar-refractivity contribution in [1.82, 2.24) is 10.2 Å². The molecule has 2 rings (SSSR count). The fourth-order valence-electron chi connectivity index (χ4n) is 2.29. The first kappa shape index (κ1) is 14.1. The van der Waals surface area contributed by atoms with Gasteiger partial charge in [0, 0.05) is 19.5 Å². The SMILES string of the molecule is CCCC1NC(=O)CCN(Cc2cscc2C)C1=O. The lowest BCUT2D eigenvalue weighted by atomic mass is 10.1. The van der Waals surface area contributed by atoms with Crippen LogP contribution in [0.2, 0.25) is 0 Å². The van der Waals surface area contributed by atoms with E-state index in [0.717, 1.165) is 6.42 Å². The van der Waals surface area contributed by atoms with E-state index in [1.807, 2.05) is 11.8 Å². The Morgan fingerprint density at radius 3 is 2.84 bits per heavy atom. The van der Waals surface area contributed by atoms with Gasteiger partial charge in [-0.25, -0.2) is 0 Å². The molecule has 2 amide bonds. The average molecular weight is 280 g/mol. The first-order valence-electron chi connectivity index (χ1n) is 6.71. The highest BCUT2D eigenvalue weighted by atomic mass is 32.1. The predicted molar refractivity (Wildman–Crippen MR) is 75.9 cm³/mol. The molecule has 1 unspecified atom stereocenters. The Balaban J connectivity index is 2.12. The smallest absolute Gasteiger partial charge is 0.245 e. The minimum atomic E-state index is -0.348. The summed E-state index contributed by atoms with van der Waals surface area (Å²) in [5, 5.41) is 7.00. The third kappa shape index (κ3) is 3.35. The first-order chi connectivity index (χ1) is 9.11. The fourth-order valence-corrected chi connectivity index (χ4v) is 3.14. The second-order valence-corrected chi connectivity index (χ2v) is 5.74. The maximum absolute atomic E-state index is 12.4. The van der Waals surface area contributed by atoms with Crippen molar-refractivity contribution in [2.45, 2.75) is 45.7 Å². The minimum Gasteiger partial charge on any atom is -0.344 e. The minimum absolute atomic E-state index is 0.0173. The highest BCUT2D eigenvalue weighted by Crippen LogP contribution is 2.18. The maximum atomic E-state index is 12.4. The predicted octanol–water partition coefficient (Wildman–Crippen LogP) is 2.07. The number of hydrogen-bond acceptors (Lipinski definition) is 3. The van der Waals surface area contributed by atoms with Crippen LogP contribution in [0.25, 0.3) is 0 Å². The van der Waals surface area contributed by atoms with Crippen LogP contribution in [0.15, 0.2) is 10.8 Å². The van der Waals surface area contributed by atoms with E-state index in [1.54, 1.807) is 11.3 Å². The molecule has 0 spiro atoms. The molecule has 5 heteroatoms. The van der Waals surface area contributed by atoms with E-state index in [4.69, 9.17) is 0 Å². The zero-order chi connectivity index (χ0) is 13.8. The molecular formula is C14H20N2O2S. The molecule has 1 aromatic rings. The van der Waals surface area contributed by atoms with E-state index >= 15 is 0 Å². The van der Waals surface area contributed by atoms with E-state index < -0.39 is 0 Å². The molecule has 1 aromatic heterocycles. The molecule has 0 bridgehead atoms. The second kappa shape index (κ2) is 6.19. The first-order valence-corrected chi connectivity index (χ1v) is 7.66. The van der Waals surface area contributed by atoms with Gasteiger partial charge in [-0.05, 0) is 35.2 Å². The molecule has 1 fully saturated rings. The quantitative estimate of drug-likeness (QED) is 0.918. The molecule has 0 aliphatic carbocycles. The summed E-state index contributed by atoms with van der Waals surface area (Å²) in [6.45, 7) is 5.21. The van der Waals surface area contributed by atoms with E-state index in [-0.39, 0.29) is 17.9 Å². The van der Waals surface area contributed by atoms with E-state index in [1.165, 1.54) is 11.1 Å². The Morgan fingerprint density at radius 1 is 1.42 bits per heavy atom. The molecule has 2 heterocycles. The summed E-state index contributed by atoms with van der Waals surface area (Å²) in [7, 11) is 0. The lowest BCUT2D eigenvalue weighted by molar-refractivity contribution is -0.134. The van der Waals surface area contributed by atoms with Crippen LogP contribution in [-0.4, -0.2) is 29.3 Å². The molecular weight excluding hydrogens is 260 g/mol. The Kier molecular flexibility index (Phi) is 4.58. The average Bonchev–Trinajstić information content (AvgIpc) is 2.73. The lowest BCUT2D eigenvalue weighted by Crippen LogP contribution is -2.44. The van der Waals surface area contributed by atoms with Crippen molar-refractivity contribution >= 4 is 23.2 Å². The number of thiophene rings is 1. The topological polar surface area (TPSA) is 49.4 Å². The monoisotopic (exact) mass is 280 g/mol. The maximum Gasteiger partial charge on any atom is 0.245 e. The summed E-state index contributed by atoms with van der Waals surface area (Å²) in [5.41, 5.74) is 2.40. The van der Waals surface area contributed by atoms with Crippen molar-refractivity contribution in [2.75, 3.05) is 6.54 Å². The zero-order valence-corrected chi connectivity index (χ0v) is 12.3. The number of hydrogen-bond donors (Lipinski definition) is 1. The van der Waals surface area contributed by atoms with E-state index in [2.05, 4.69) is 23.0 Å². The number of rotatable bonds is 4. The van der Waals surface area contributed by atoms with Gasteiger partial charge in [-0.1, -0.05) is 13.3 Å². The van der Waals surface area contributed by atoms with Crippen molar-refractivity contribution in [3.05, 3.63) is 21.9 Å². The summed E-state index contributed by atoms with van der Waals surface area (Å²) >= 11 is 1.65. The number of nitrogens with one attached hydrogen (secondary N) is 1. The van der Waals surface area contributed by atoms with Crippen LogP contribution >= 0.6 is 11.3 Å². The third-order valence-corrected chi connectivity index (χ3v) is 4.36. The van der Waals surface area contributed by atoms with Gasteiger partial charge < -0.3 is 10.2 Å². The molecule has 104 valence electrons. The number of aryl methyl sites for hydroxylation is 1.